The molecule has 15 heteroatoms. The number of urea groups is 1. The van der Waals surface area contributed by atoms with E-state index < -0.39 is 5.91 Å². The van der Waals surface area contributed by atoms with E-state index in [9.17, 15) is 14.4 Å². The molecule has 0 bridgehead atoms. The minimum Gasteiger partial charge on any atom is -0.372 e. The third-order valence-electron chi connectivity index (χ3n) is 12.6. The van der Waals surface area contributed by atoms with Crippen LogP contribution in [0, 0.1) is 12.8 Å². The second kappa shape index (κ2) is 16.8. The van der Waals surface area contributed by atoms with E-state index in [-0.39, 0.29) is 29.3 Å². The van der Waals surface area contributed by atoms with Crippen LogP contribution in [0.15, 0.2) is 77.7 Å². The van der Waals surface area contributed by atoms with E-state index >= 15 is 0 Å². The van der Waals surface area contributed by atoms with Crippen molar-refractivity contribution < 1.29 is 18.9 Å². The Labute approximate surface area is 360 Å². The summed E-state index contributed by atoms with van der Waals surface area (Å²) in [5.74, 6) is 0.875. The number of rotatable bonds is 10. The van der Waals surface area contributed by atoms with Crippen LogP contribution in [0.4, 0.5) is 16.2 Å². The summed E-state index contributed by atoms with van der Waals surface area (Å²) in [4.78, 5) is 65.4. The van der Waals surface area contributed by atoms with Crippen molar-refractivity contribution in [2.75, 3.05) is 49.1 Å². The first-order valence-corrected chi connectivity index (χ1v) is 21.6. The summed E-state index contributed by atoms with van der Waals surface area (Å²) >= 11 is 0. The van der Waals surface area contributed by atoms with Gasteiger partial charge in [-0.25, -0.2) is 14.8 Å². The smallest absolute Gasteiger partial charge is 0.328 e. The molecule has 1 unspecified atom stereocenters. The van der Waals surface area contributed by atoms with Crippen molar-refractivity contribution in [3.8, 4) is 22.5 Å². The normalized spacial score (nSPS) is 18.4. The third-order valence-corrected chi connectivity index (χ3v) is 12.6. The Morgan fingerprint density at radius 2 is 1.69 bits per heavy atom. The molecule has 4 aromatic heterocycles. The van der Waals surface area contributed by atoms with Gasteiger partial charge in [-0.2, -0.15) is 4.98 Å². The van der Waals surface area contributed by atoms with Crippen molar-refractivity contribution in [1.29, 1.82) is 0 Å². The van der Waals surface area contributed by atoms with Crippen molar-refractivity contribution >= 4 is 40.3 Å². The average molecular weight is 836 g/mol. The Morgan fingerprint density at radius 1 is 0.919 bits per heavy atom. The number of carbonyl (C=O) groups excluding carboxylic acids is 3. The SMILES string of the molecule is Cc1cc(-c2ncnc3[nH]c(-c4ccc(C5CCN(CC6CCN(c7ccc(N8CCC(=O)NC8=O)cc7)CC6)C5)nc4)cc23)ccc1[C@@H](C)NC(=O)c1nc(C(C)(C)C)no1. The van der Waals surface area contributed by atoms with Gasteiger partial charge < -0.3 is 24.6 Å². The topological polar surface area (TPSA) is 178 Å². The van der Waals surface area contributed by atoms with Crippen LogP contribution in [0.3, 0.4) is 0 Å². The van der Waals surface area contributed by atoms with E-state index in [0.29, 0.717) is 30.6 Å². The molecule has 320 valence electrons. The van der Waals surface area contributed by atoms with Crippen LogP contribution in [0.25, 0.3) is 33.5 Å². The van der Waals surface area contributed by atoms with E-state index in [1.807, 2.05) is 65.1 Å². The number of hydrogen-bond donors (Lipinski definition) is 3. The molecule has 15 nitrogen and oxygen atoms in total. The first-order chi connectivity index (χ1) is 29.9. The molecule has 62 heavy (non-hydrogen) atoms. The molecule has 0 aliphatic carbocycles. The van der Waals surface area contributed by atoms with Gasteiger partial charge >= 0.3 is 17.8 Å². The number of piperidine rings is 1. The molecule has 4 amide bonds. The molecule has 3 N–H and O–H groups in total. The molecule has 0 saturated carbocycles. The van der Waals surface area contributed by atoms with E-state index in [2.05, 4.69) is 76.9 Å². The quantitative estimate of drug-likeness (QED) is 0.126. The number of benzene rings is 2. The number of anilines is 2. The predicted molar refractivity (Wildman–Crippen MR) is 237 cm³/mol. The molecule has 2 aromatic carbocycles. The lowest BCUT2D eigenvalue weighted by atomic mass is 9.95. The number of pyridine rings is 1. The average Bonchev–Trinajstić information content (AvgIpc) is 4.05. The van der Waals surface area contributed by atoms with Gasteiger partial charge in [-0.15, -0.1) is 0 Å². The van der Waals surface area contributed by atoms with Crippen LogP contribution < -0.4 is 20.4 Å². The number of aromatic amines is 1. The van der Waals surface area contributed by atoms with Crippen molar-refractivity contribution in [2.24, 2.45) is 5.92 Å². The van der Waals surface area contributed by atoms with Gasteiger partial charge in [-0.05, 0) is 105 Å². The maximum absolute atomic E-state index is 12.9. The molecular formula is C47H53N11O4. The summed E-state index contributed by atoms with van der Waals surface area (Å²) in [6.07, 6.45) is 7.27. The summed E-state index contributed by atoms with van der Waals surface area (Å²) in [6, 6.07) is 20.1. The predicted octanol–water partition coefficient (Wildman–Crippen LogP) is 7.32. The van der Waals surface area contributed by atoms with Crippen LogP contribution in [0.5, 0.6) is 0 Å². The number of carbonyl (C=O) groups is 3. The molecule has 0 spiro atoms. The summed E-state index contributed by atoms with van der Waals surface area (Å²) in [5, 5.41) is 10.3. The van der Waals surface area contributed by atoms with E-state index in [0.717, 1.165) is 108 Å². The van der Waals surface area contributed by atoms with Crippen LogP contribution in [-0.4, -0.2) is 92.1 Å². The van der Waals surface area contributed by atoms with E-state index in [4.69, 9.17) is 14.5 Å². The fourth-order valence-corrected chi connectivity index (χ4v) is 9.03. The van der Waals surface area contributed by atoms with Gasteiger partial charge in [-0.1, -0.05) is 38.1 Å². The van der Waals surface area contributed by atoms with Gasteiger partial charge in [0, 0.05) is 96.0 Å². The third kappa shape index (κ3) is 8.53. The highest BCUT2D eigenvalue weighted by molar-refractivity contribution is 6.05. The van der Waals surface area contributed by atoms with Crippen LogP contribution >= 0.6 is 0 Å². The largest absolute Gasteiger partial charge is 0.372 e. The minimum atomic E-state index is -0.410. The molecule has 6 aromatic rings. The van der Waals surface area contributed by atoms with Crippen LogP contribution in [0.1, 0.15) is 98.7 Å². The first-order valence-electron chi connectivity index (χ1n) is 21.6. The standard InChI is InChI=1S/C47H53N11O4/c1-28-22-31(6-12-36(28)29(2)51-43(60)44-54-45(55-62-44)47(3,4)5)41-37-23-39(52-42(37)50-27-49-41)32-7-13-38(48-24-32)33-16-18-56(26-33)25-30-14-19-57(20-15-30)34-8-10-35(11-9-34)58-21-17-40(59)53-46(58)61/h6-13,22-24,27,29-30,33H,14-21,25-26H2,1-5H3,(H,51,60)(H,49,50,52)(H,53,59,61)/t29-,33?/m1/s1. The Kier molecular flexibility index (Phi) is 11.1. The molecule has 0 radical (unpaired) electrons. The van der Waals surface area contributed by atoms with E-state index in [1.54, 1.807) is 11.2 Å². The number of aryl methyl sites for hydroxylation is 1. The number of hydrogen-bond acceptors (Lipinski definition) is 11. The van der Waals surface area contributed by atoms with Gasteiger partial charge in [-0.3, -0.25) is 24.8 Å². The van der Waals surface area contributed by atoms with Gasteiger partial charge in [0.2, 0.25) is 5.91 Å². The molecule has 3 saturated heterocycles. The van der Waals surface area contributed by atoms with Crippen molar-refractivity contribution in [3.63, 3.8) is 0 Å². The molecule has 3 aliphatic heterocycles. The number of fused-ring (bicyclic) bond motifs is 1. The lowest BCUT2D eigenvalue weighted by Crippen LogP contribution is -2.49. The highest BCUT2D eigenvalue weighted by Crippen LogP contribution is 2.34. The first kappa shape index (κ1) is 40.9. The maximum atomic E-state index is 12.9. The molecule has 3 aliphatic rings. The Morgan fingerprint density at radius 3 is 2.40 bits per heavy atom. The van der Waals surface area contributed by atoms with E-state index in [1.165, 1.54) is 5.69 Å². The number of aromatic nitrogens is 6. The molecule has 2 atom stereocenters. The van der Waals surface area contributed by atoms with Gasteiger partial charge in [0.05, 0.1) is 11.7 Å². The number of H-pyrrole nitrogens is 1. The fraction of sp³-hybridized carbons (Fsp3) is 0.404. The Hall–Kier alpha value is -6.48. The monoisotopic (exact) mass is 835 g/mol. The van der Waals surface area contributed by atoms with Crippen molar-refractivity contribution in [3.05, 3.63) is 102 Å². The summed E-state index contributed by atoms with van der Waals surface area (Å²) in [5.41, 5.74) is 9.24. The number of imide groups is 1. The minimum absolute atomic E-state index is 0.0488. The second-order valence-electron chi connectivity index (χ2n) is 18.0. The lowest BCUT2D eigenvalue weighted by molar-refractivity contribution is -0.120. The second-order valence-corrected chi connectivity index (χ2v) is 18.0. The highest BCUT2D eigenvalue weighted by Gasteiger charge is 2.30. The molecule has 7 heterocycles. The fourth-order valence-electron chi connectivity index (χ4n) is 9.03. The lowest BCUT2D eigenvalue weighted by Gasteiger charge is -2.35. The zero-order valence-corrected chi connectivity index (χ0v) is 35.9. The maximum Gasteiger partial charge on any atom is 0.328 e. The molecular weight excluding hydrogens is 783 g/mol. The van der Waals surface area contributed by atoms with Crippen LogP contribution in [-0.2, 0) is 10.2 Å². The number of nitrogens with one attached hydrogen (secondary N) is 3. The van der Waals surface area contributed by atoms with Crippen LogP contribution in [0.2, 0.25) is 0 Å². The number of likely N-dealkylation sites (tertiary alicyclic amines) is 1. The molecule has 3 fully saturated rings. The number of nitrogens with zero attached hydrogens (tertiary/aromatic N) is 8. The van der Waals surface area contributed by atoms with Crippen molar-refractivity contribution in [2.45, 2.75) is 77.7 Å². The number of amides is 4. The summed E-state index contributed by atoms with van der Waals surface area (Å²) in [6.45, 7) is 15.5. The Balaban J connectivity index is 0.786. The van der Waals surface area contributed by atoms with Gasteiger partial charge in [0.25, 0.3) is 0 Å². The van der Waals surface area contributed by atoms with Crippen molar-refractivity contribution in [1.82, 2.24) is 45.6 Å². The van der Waals surface area contributed by atoms with Gasteiger partial charge in [0.1, 0.15) is 12.0 Å². The zero-order valence-electron chi connectivity index (χ0n) is 35.9. The summed E-state index contributed by atoms with van der Waals surface area (Å²) in [7, 11) is 0. The highest BCUT2D eigenvalue weighted by atomic mass is 16.5. The summed E-state index contributed by atoms with van der Waals surface area (Å²) < 4.78 is 5.25. The van der Waals surface area contributed by atoms with Gasteiger partial charge in [0.15, 0.2) is 5.82 Å². The molecule has 9 rings (SSSR count). The zero-order chi connectivity index (χ0) is 43.1. The Bertz CT molecular complexity index is 2610.